The molecule has 1 heterocycles. The Morgan fingerprint density at radius 2 is 2.00 bits per heavy atom. The number of rotatable bonds is 5. The number of hydrogen-bond acceptors (Lipinski definition) is 2. The molecule has 0 radical (unpaired) electrons. The van der Waals surface area contributed by atoms with Crippen molar-refractivity contribution >= 4 is 16.7 Å². The third-order valence-corrected chi connectivity index (χ3v) is 2.84. The number of nitrogens with zero attached hydrogens (tertiary/aromatic N) is 1. The molecule has 0 aliphatic heterocycles. The fraction of sp³-hybridized carbons (Fsp3) is 0.286. The average Bonchev–Trinajstić information content (AvgIpc) is 2.34. The van der Waals surface area contributed by atoms with Crippen molar-refractivity contribution in [2.45, 2.75) is 25.7 Å². The topological polar surface area (TPSA) is 56.0 Å². The average molecular weight is 228 g/mol. The van der Waals surface area contributed by atoms with Crippen molar-refractivity contribution in [3.8, 4) is 0 Å². The molecule has 1 amide bonds. The molecule has 3 nitrogen and oxygen atoms in total. The first kappa shape index (κ1) is 11.6. The molecule has 1 aromatic carbocycles. The van der Waals surface area contributed by atoms with Gasteiger partial charge in [-0.25, -0.2) is 0 Å². The fourth-order valence-corrected chi connectivity index (χ4v) is 1.97. The minimum atomic E-state index is -0.226. The number of unbranched alkanes of at least 4 members (excludes halogenated alkanes) is 1. The van der Waals surface area contributed by atoms with Gasteiger partial charge in [0.1, 0.15) is 0 Å². The van der Waals surface area contributed by atoms with E-state index in [1.54, 1.807) is 0 Å². The van der Waals surface area contributed by atoms with E-state index in [9.17, 15) is 4.79 Å². The molecule has 0 spiro atoms. The lowest BCUT2D eigenvalue weighted by Crippen LogP contribution is -2.09. The number of nitrogens with two attached hydrogens (primary N) is 1. The molecule has 0 bridgehead atoms. The first-order valence-corrected chi connectivity index (χ1v) is 5.88. The van der Waals surface area contributed by atoms with Crippen LogP contribution in [0.5, 0.6) is 0 Å². The van der Waals surface area contributed by atoms with Gasteiger partial charge in [-0.05, 0) is 30.7 Å². The van der Waals surface area contributed by atoms with E-state index in [0.717, 1.165) is 25.0 Å². The highest BCUT2D eigenvalue weighted by Gasteiger charge is 2.02. The summed E-state index contributed by atoms with van der Waals surface area (Å²) in [5.74, 6) is -0.226. The number of aryl methyl sites for hydroxylation is 1. The molecule has 17 heavy (non-hydrogen) atoms. The van der Waals surface area contributed by atoms with Crippen molar-refractivity contribution in [3.63, 3.8) is 0 Å². The van der Waals surface area contributed by atoms with Crippen LogP contribution in [0, 0.1) is 0 Å². The molecule has 0 atom stereocenters. The standard InChI is InChI=1S/C14H16N2O/c15-14(17)8-4-3-7-13-12-6-2-1-5-11(12)9-10-16-13/h1-2,5-6,9-10H,3-4,7-8H2,(H2,15,17). The number of pyridine rings is 1. The van der Waals surface area contributed by atoms with E-state index in [4.69, 9.17) is 5.73 Å². The van der Waals surface area contributed by atoms with Crippen LogP contribution in [0.4, 0.5) is 0 Å². The van der Waals surface area contributed by atoms with Gasteiger partial charge in [-0.15, -0.1) is 0 Å². The Balaban J connectivity index is 2.05. The number of amides is 1. The summed E-state index contributed by atoms with van der Waals surface area (Å²) in [6, 6.07) is 10.2. The SMILES string of the molecule is NC(=O)CCCCc1nccc2ccccc12. The Hall–Kier alpha value is -1.90. The maximum absolute atomic E-state index is 10.6. The predicted molar refractivity (Wildman–Crippen MR) is 68.5 cm³/mol. The van der Waals surface area contributed by atoms with Crippen LogP contribution in [-0.4, -0.2) is 10.9 Å². The number of carbonyl (C=O) groups excluding carboxylic acids is 1. The van der Waals surface area contributed by atoms with E-state index in [1.807, 2.05) is 24.4 Å². The first-order chi connectivity index (χ1) is 8.27. The number of benzene rings is 1. The Morgan fingerprint density at radius 3 is 2.82 bits per heavy atom. The second-order valence-electron chi connectivity index (χ2n) is 4.15. The van der Waals surface area contributed by atoms with Gasteiger partial charge in [-0.3, -0.25) is 9.78 Å². The number of primary amides is 1. The maximum Gasteiger partial charge on any atom is 0.217 e. The number of aromatic nitrogens is 1. The monoisotopic (exact) mass is 228 g/mol. The van der Waals surface area contributed by atoms with E-state index in [-0.39, 0.29) is 5.91 Å². The van der Waals surface area contributed by atoms with E-state index >= 15 is 0 Å². The van der Waals surface area contributed by atoms with Crippen molar-refractivity contribution in [3.05, 3.63) is 42.2 Å². The number of hydrogen-bond donors (Lipinski definition) is 1. The zero-order valence-corrected chi connectivity index (χ0v) is 9.73. The molecular weight excluding hydrogens is 212 g/mol. The second-order valence-corrected chi connectivity index (χ2v) is 4.15. The van der Waals surface area contributed by atoms with Gasteiger partial charge in [0, 0.05) is 23.7 Å². The highest BCUT2D eigenvalue weighted by Crippen LogP contribution is 2.18. The smallest absolute Gasteiger partial charge is 0.217 e. The summed E-state index contributed by atoms with van der Waals surface area (Å²) >= 11 is 0. The molecule has 0 aliphatic rings. The minimum absolute atomic E-state index is 0.226. The zero-order chi connectivity index (χ0) is 12.1. The van der Waals surface area contributed by atoms with Crippen LogP contribution < -0.4 is 5.73 Å². The van der Waals surface area contributed by atoms with Gasteiger partial charge in [0.2, 0.25) is 5.91 Å². The molecule has 2 N–H and O–H groups in total. The quantitative estimate of drug-likeness (QED) is 0.799. The lowest BCUT2D eigenvalue weighted by atomic mass is 10.1. The summed E-state index contributed by atoms with van der Waals surface area (Å²) in [4.78, 5) is 15.0. The Labute approximate surface area is 101 Å². The summed E-state index contributed by atoms with van der Waals surface area (Å²) in [5.41, 5.74) is 6.21. The van der Waals surface area contributed by atoms with Crippen molar-refractivity contribution < 1.29 is 4.79 Å². The Kier molecular flexibility index (Phi) is 3.70. The summed E-state index contributed by atoms with van der Waals surface area (Å²) in [5, 5.41) is 2.42. The molecule has 3 heteroatoms. The normalized spacial score (nSPS) is 10.6. The molecule has 88 valence electrons. The third-order valence-electron chi connectivity index (χ3n) is 2.84. The van der Waals surface area contributed by atoms with Crippen molar-refractivity contribution in [2.75, 3.05) is 0 Å². The summed E-state index contributed by atoms with van der Waals surface area (Å²) < 4.78 is 0. The van der Waals surface area contributed by atoms with Gasteiger partial charge >= 0.3 is 0 Å². The number of carbonyl (C=O) groups is 1. The van der Waals surface area contributed by atoms with Gasteiger partial charge in [0.15, 0.2) is 0 Å². The van der Waals surface area contributed by atoms with Gasteiger partial charge < -0.3 is 5.73 Å². The van der Waals surface area contributed by atoms with E-state index in [0.29, 0.717) is 6.42 Å². The Bertz CT molecular complexity index is 517. The van der Waals surface area contributed by atoms with Gasteiger partial charge in [0.25, 0.3) is 0 Å². The van der Waals surface area contributed by atoms with E-state index < -0.39 is 0 Å². The van der Waals surface area contributed by atoms with Crippen molar-refractivity contribution in [1.29, 1.82) is 0 Å². The highest BCUT2D eigenvalue weighted by molar-refractivity contribution is 5.84. The lowest BCUT2D eigenvalue weighted by Gasteiger charge is -2.04. The summed E-state index contributed by atoms with van der Waals surface area (Å²) in [6.45, 7) is 0. The van der Waals surface area contributed by atoms with Gasteiger partial charge in [-0.2, -0.15) is 0 Å². The van der Waals surface area contributed by atoms with Gasteiger partial charge in [0.05, 0.1) is 0 Å². The van der Waals surface area contributed by atoms with Crippen molar-refractivity contribution in [2.24, 2.45) is 5.73 Å². The van der Waals surface area contributed by atoms with E-state index in [2.05, 4.69) is 17.1 Å². The first-order valence-electron chi connectivity index (χ1n) is 5.88. The molecule has 0 saturated carbocycles. The molecule has 0 unspecified atom stereocenters. The van der Waals surface area contributed by atoms with Crippen LogP contribution >= 0.6 is 0 Å². The van der Waals surface area contributed by atoms with Crippen LogP contribution in [-0.2, 0) is 11.2 Å². The molecule has 0 aliphatic carbocycles. The second kappa shape index (κ2) is 5.43. The van der Waals surface area contributed by atoms with Crippen molar-refractivity contribution in [1.82, 2.24) is 4.98 Å². The van der Waals surface area contributed by atoms with Crippen LogP contribution in [0.25, 0.3) is 10.8 Å². The van der Waals surface area contributed by atoms with Gasteiger partial charge in [-0.1, -0.05) is 24.3 Å². The summed E-state index contributed by atoms with van der Waals surface area (Å²) in [6.07, 6.45) is 4.98. The third kappa shape index (κ3) is 3.03. The van der Waals surface area contributed by atoms with Crippen LogP contribution in [0.1, 0.15) is 25.0 Å². The lowest BCUT2D eigenvalue weighted by molar-refractivity contribution is -0.118. The molecule has 1 aromatic heterocycles. The minimum Gasteiger partial charge on any atom is -0.370 e. The van der Waals surface area contributed by atoms with Crippen LogP contribution in [0.15, 0.2) is 36.5 Å². The number of fused-ring (bicyclic) bond motifs is 1. The fourth-order valence-electron chi connectivity index (χ4n) is 1.97. The summed E-state index contributed by atoms with van der Waals surface area (Å²) in [7, 11) is 0. The molecule has 2 aromatic rings. The molecular formula is C14H16N2O. The molecule has 0 fully saturated rings. The highest BCUT2D eigenvalue weighted by atomic mass is 16.1. The Morgan fingerprint density at radius 1 is 1.18 bits per heavy atom. The maximum atomic E-state index is 10.6. The molecule has 2 rings (SSSR count). The predicted octanol–water partition coefficient (Wildman–Crippen LogP) is 2.43. The largest absolute Gasteiger partial charge is 0.370 e. The molecule has 0 saturated heterocycles. The zero-order valence-electron chi connectivity index (χ0n) is 9.73. The van der Waals surface area contributed by atoms with Crippen LogP contribution in [0.3, 0.4) is 0 Å². The van der Waals surface area contributed by atoms with Crippen LogP contribution in [0.2, 0.25) is 0 Å². The van der Waals surface area contributed by atoms with E-state index in [1.165, 1.54) is 10.8 Å².